The molecule has 0 bridgehead atoms. The summed E-state index contributed by atoms with van der Waals surface area (Å²) in [4.78, 5) is 19.1. The van der Waals surface area contributed by atoms with Gasteiger partial charge in [0.2, 0.25) is 0 Å². The van der Waals surface area contributed by atoms with Crippen molar-refractivity contribution in [3.63, 3.8) is 0 Å². The molecule has 3 aliphatic rings. The number of aromatic nitrogens is 1. The van der Waals surface area contributed by atoms with E-state index in [1.165, 1.54) is 0 Å². The minimum Gasteiger partial charge on any atom is -0.332 e. The minimum absolute atomic E-state index is 0.0195. The van der Waals surface area contributed by atoms with Gasteiger partial charge >= 0.3 is 0 Å². The first-order valence-corrected chi connectivity index (χ1v) is 9.85. The van der Waals surface area contributed by atoms with Crippen molar-refractivity contribution in [1.82, 2.24) is 9.88 Å². The Balaban J connectivity index is 1.59. The molecule has 4 rings (SSSR count). The van der Waals surface area contributed by atoms with Crippen LogP contribution in [-0.4, -0.2) is 47.8 Å². The third-order valence-corrected chi connectivity index (χ3v) is 6.55. The van der Waals surface area contributed by atoms with Crippen LogP contribution in [-0.2, 0) is 9.84 Å². The van der Waals surface area contributed by atoms with Gasteiger partial charge < -0.3 is 4.90 Å². The van der Waals surface area contributed by atoms with Crippen molar-refractivity contribution in [1.29, 1.82) is 0 Å². The summed E-state index contributed by atoms with van der Waals surface area (Å²) in [5.74, 6) is 0.816. The molecule has 0 radical (unpaired) electrons. The van der Waals surface area contributed by atoms with E-state index in [4.69, 9.17) is 0 Å². The molecule has 1 saturated heterocycles. The van der Waals surface area contributed by atoms with Crippen LogP contribution in [0.25, 0.3) is 0 Å². The quantitative estimate of drug-likeness (QED) is 0.847. The summed E-state index contributed by atoms with van der Waals surface area (Å²) < 4.78 is 23.5. The van der Waals surface area contributed by atoms with E-state index in [1.807, 2.05) is 11.0 Å². The fourth-order valence-electron chi connectivity index (χ4n) is 3.31. The number of carbonyl (C=O) groups is 1. The predicted octanol–water partition coefficient (Wildman–Crippen LogP) is 1.75. The maximum atomic E-state index is 12.9. The van der Waals surface area contributed by atoms with Gasteiger partial charge in [-0.25, -0.2) is 8.42 Å². The molecule has 1 aromatic heterocycles. The lowest BCUT2D eigenvalue weighted by Gasteiger charge is -2.28. The van der Waals surface area contributed by atoms with Crippen molar-refractivity contribution in [3.05, 3.63) is 29.6 Å². The number of pyridine rings is 1. The largest absolute Gasteiger partial charge is 0.332 e. The van der Waals surface area contributed by atoms with E-state index < -0.39 is 9.84 Å². The predicted molar refractivity (Wildman–Crippen MR) is 82.5 cm³/mol. The van der Waals surface area contributed by atoms with Crippen molar-refractivity contribution < 1.29 is 13.2 Å². The zero-order valence-corrected chi connectivity index (χ0v) is 13.3. The van der Waals surface area contributed by atoms with Crippen LogP contribution in [0.2, 0.25) is 0 Å². The lowest BCUT2D eigenvalue weighted by Crippen LogP contribution is -2.42. The van der Waals surface area contributed by atoms with E-state index in [1.54, 1.807) is 12.3 Å². The number of hydrogen-bond donors (Lipinski definition) is 0. The van der Waals surface area contributed by atoms with Crippen LogP contribution in [0.1, 0.15) is 54.1 Å². The lowest BCUT2D eigenvalue weighted by molar-refractivity contribution is 0.0680. The van der Waals surface area contributed by atoms with Gasteiger partial charge in [-0.2, -0.15) is 0 Å². The molecule has 1 atom stereocenters. The second-order valence-electron chi connectivity index (χ2n) is 6.74. The Morgan fingerprint density at radius 2 is 1.91 bits per heavy atom. The zero-order valence-electron chi connectivity index (χ0n) is 12.4. The molecule has 3 fully saturated rings. The summed E-state index contributed by atoms with van der Waals surface area (Å²) in [7, 11) is -2.98. The minimum atomic E-state index is -2.98. The molecule has 2 aliphatic carbocycles. The van der Waals surface area contributed by atoms with Crippen LogP contribution >= 0.6 is 0 Å². The second kappa shape index (κ2) is 5.05. The first-order chi connectivity index (χ1) is 10.5. The molecule has 118 valence electrons. The molecule has 1 aromatic rings. The van der Waals surface area contributed by atoms with Crippen molar-refractivity contribution in [3.8, 4) is 0 Å². The standard InChI is InChI=1S/C16H20N2O3S/c19-16(12-5-7-17-15(9-12)11-1-2-11)18(13-3-4-13)14-6-8-22(20,21)10-14/h5,7,9,11,13-14H,1-4,6,8,10H2. The fraction of sp³-hybridized carbons (Fsp3) is 0.625. The van der Waals surface area contributed by atoms with Gasteiger partial charge in [-0.1, -0.05) is 0 Å². The van der Waals surface area contributed by atoms with Gasteiger partial charge in [0.25, 0.3) is 5.91 Å². The van der Waals surface area contributed by atoms with Crippen LogP contribution < -0.4 is 0 Å². The van der Waals surface area contributed by atoms with Gasteiger partial charge in [0, 0.05) is 35.5 Å². The number of rotatable bonds is 4. The van der Waals surface area contributed by atoms with Crippen LogP contribution in [0.3, 0.4) is 0 Å². The summed E-state index contributed by atoms with van der Waals surface area (Å²) in [6, 6.07) is 3.73. The van der Waals surface area contributed by atoms with E-state index in [9.17, 15) is 13.2 Å². The normalized spacial score (nSPS) is 26.8. The molecule has 1 aliphatic heterocycles. The molecule has 0 aromatic carbocycles. The monoisotopic (exact) mass is 320 g/mol. The average Bonchev–Trinajstić information content (AvgIpc) is 3.38. The van der Waals surface area contributed by atoms with E-state index in [0.29, 0.717) is 17.9 Å². The molecule has 22 heavy (non-hydrogen) atoms. The van der Waals surface area contributed by atoms with Gasteiger partial charge in [0.05, 0.1) is 11.5 Å². The Morgan fingerprint density at radius 3 is 2.50 bits per heavy atom. The van der Waals surface area contributed by atoms with Crippen LogP contribution in [0.15, 0.2) is 18.3 Å². The molecule has 0 N–H and O–H groups in total. The number of nitrogens with zero attached hydrogens (tertiary/aromatic N) is 2. The summed E-state index contributed by atoms with van der Waals surface area (Å²) in [6.45, 7) is 0. The van der Waals surface area contributed by atoms with Gasteiger partial charge in [0.15, 0.2) is 9.84 Å². The van der Waals surface area contributed by atoms with Crippen LogP contribution in [0.4, 0.5) is 0 Å². The molecule has 2 heterocycles. The highest BCUT2D eigenvalue weighted by Gasteiger charge is 2.42. The molecule has 5 nitrogen and oxygen atoms in total. The van der Waals surface area contributed by atoms with E-state index in [-0.39, 0.29) is 29.5 Å². The summed E-state index contributed by atoms with van der Waals surface area (Å²) >= 11 is 0. The molecular formula is C16H20N2O3S. The highest BCUT2D eigenvalue weighted by Crippen LogP contribution is 2.39. The molecular weight excluding hydrogens is 300 g/mol. The van der Waals surface area contributed by atoms with Gasteiger partial charge in [-0.3, -0.25) is 9.78 Å². The van der Waals surface area contributed by atoms with Crippen molar-refractivity contribution in [2.24, 2.45) is 0 Å². The maximum absolute atomic E-state index is 12.9. The van der Waals surface area contributed by atoms with E-state index in [0.717, 1.165) is 31.4 Å². The zero-order chi connectivity index (χ0) is 15.3. The van der Waals surface area contributed by atoms with Crippen molar-refractivity contribution >= 4 is 15.7 Å². The summed E-state index contributed by atoms with van der Waals surface area (Å²) in [5.41, 5.74) is 1.66. The van der Waals surface area contributed by atoms with Crippen LogP contribution in [0.5, 0.6) is 0 Å². The highest BCUT2D eigenvalue weighted by atomic mass is 32.2. The molecule has 0 spiro atoms. The highest BCUT2D eigenvalue weighted by molar-refractivity contribution is 7.91. The Hall–Kier alpha value is -1.43. The summed E-state index contributed by atoms with van der Waals surface area (Å²) in [6.07, 6.45) is 6.56. The molecule has 6 heteroatoms. The Kier molecular flexibility index (Phi) is 3.25. The Labute approximate surface area is 130 Å². The topological polar surface area (TPSA) is 67.3 Å². The van der Waals surface area contributed by atoms with Gasteiger partial charge in [-0.05, 0) is 44.2 Å². The van der Waals surface area contributed by atoms with Gasteiger partial charge in [0.1, 0.15) is 0 Å². The smallest absolute Gasteiger partial charge is 0.254 e. The molecule has 1 unspecified atom stereocenters. The lowest BCUT2D eigenvalue weighted by atomic mass is 10.1. The van der Waals surface area contributed by atoms with Crippen molar-refractivity contribution in [2.45, 2.75) is 50.1 Å². The van der Waals surface area contributed by atoms with E-state index >= 15 is 0 Å². The number of carbonyl (C=O) groups excluding carboxylic acids is 1. The van der Waals surface area contributed by atoms with Crippen molar-refractivity contribution in [2.75, 3.05) is 11.5 Å². The molecule has 1 amide bonds. The molecule has 2 saturated carbocycles. The second-order valence-corrected chi connectivity index (χ2v) is 8.97. The third-order valence-electron chi connectivity index (χ3n) is 4.80. The summed E-state index contributed by atoms with van der Waals surface area (Å²) in [5, 5.41) is 0. The first-order valence-electron chi connectivity index (χ1n) is 8.02. The fourth-order valence-corrected chi connectivity index (χ4v) is 5.02. The van der Waals surface area contributed by atoms with Crippen LogP contribution in [0, 0.1) is 0 Å². The third kappa shape index (κ3) is 2.76. The van der Waals surface area contributed by atoms with Gasteiger partial charge in [-0.15, -0.1) is 0 Å². The number of hydrogen-bond acceptors (Lipinski definition) is 4. The Bertz CT molecular complexity index is 708. The SMILES string of the molecule is O=C(c1ccnc(C2CC2)c1)N(C1CC1)C1CCS(=O)(=O)C1. The number of amides is 1. The Morgan fingerprint density at radius 1 is 1.14 bits per heavy atom. The van der Waals surface area contributed by atoms with E-state index in [2.05, 4.69) is 4.98 Å². The average molecular weight is 320 g/mol. The maximum Gasteiger partial charge on any atom is 0.254 e. The first kappa shape index (κ1) is 14.2. The number of sulfone groups is 1.